The smallest absolute Gasteiger partial charge is 0.316 e. The fraction of sp³-hybridized carbons (Fsp3) is 0.250. The van der Waals surface area contributed by atoms with Crippen molar-refractivity contribution >= 4 is 0 Å². The molecule has 3 rings (SSSR count). The molecule has 3 aromatic rings. The molecule has 9 heteroatoms. The lowest BCUT2D eigenvalue weighted by atomic mass is 10.0. The molecule has 25 heavy (non-hydrogen) atoms. The number of aliphatic hydroxyl groups is 1. The van der Waals surface area contributed by atoms with Crippen molar-refractivity contribution in [1.29, 1.82) is 0 Å². The largest absolute Gasteiger partial charge is 0.457 e. The molecule has 0 unspecified atom stereocenters. The Morgan fingerprint density at radius 3 is 2.60 bits per heavy atom. The normalized spacial score (nSPS) is 11.6. The predicted molar refractivity (Wildman–Crippen MR) is 82.9 cm³/mol. The number of hydrogen-bond donors (Lipinski definition) is 1. The van der Waals surface area contributed by atoms with E-state index in [1.165, 1.54) is 30.7 Å². The van der Waals surface area contributed by atoms with E-state index in [1.54, 1.807) is 13.8 Å². The molecule has 0 aliphatic rings. The molecule has 1 N–H and O–H groups in total. The van der Waals surface area contributed by atoms with Crippen LogP contribution in [0.4, 0.5) is 8.78 Å². The van der Waals surface area contributed by atoms with Crippen molar-refractivity contribution in [3.05, 3.63) is 59.7 Å². The predicted octanol–water partition coefficient (Wildman–Crippen LogP) is 2.14. The van der Waals surface area contributed by atoms with E-state index in [4.69, 9.17) is 4.74 Å². The molecule has 0 saturated heterocycles. The van der Waals surface area contributed by atoms with Gasteiger partial charge in [-0.3, -0.25) is 0 Å². The van der Waals surface area contributed by atoms with Crippen LogP contribution in [0.15, 0.2) is 36.8 Å². The molecule has 1 aromatic carbocycles. The highest BCUT2D eigenvalue weighted by molar-refractivity contribution is 5.33. The highest BCUT2D eigenvalue weighted by Gasteiger charge is 2.17. The summed E-state index contributed by atoms with van der Waals surface area (Å²) in [4.78, 5) is 7.99. The van der Waals surface area contributed by atoms with Crippen molar-refractivity contribution in [2.75, 3.05) is 0 Å². The van der Waals surface area contributed by atoms with Crippen molar-refractivity contribution in [1.82, 2.24) is 25.0 Å². The molecule has 0 fully saturated rings. The van der Waals surface area contributed by atoms with Crippen LogP contribution in [0, 0.1) is 11.6 Å². The fourth-order valence-corrected chi connectivity index (χ4v) is 2.00. The zero-order valence-electron chi connectivity index (χ0n) is 13.5. The summed E-state index contributed by atoms with van der Waals surface area (Å²) < 4.78 is 33.5. The zero-order valence-corrected chi connectivity index (χ0v) is 13.5. The molecule has 0 bridgehead atoms. The van der Waals surface area contributed by atoms with Gasteiger partial charge in [0.15, 0.2) is 11.6 Å². The van der Waals surface area contributed by atoms with E-state index < -0.39 is 17.2 Å². The van der Waals surface area contributed by atoms with E-state index >= 15 is 0 Å². The van der Waals surface area contributed by atoms with Crippen LogP contribution in [0.2, 0.25) is 0 Å². The first-order valence-corrected chi connectivity index (χ1v) is 7.38. The van der Waals surface area contributed by atoms with Crippen LogP contribution in [-0.2, 0) is 12.2 Å². The first-order chi connectivity index (χ1) is 11.8. The molecule has 2 aromatic heterocycles. The van der Waals surface area contributed by atoms with Crippen molar-refractivity contribution in [3.8, 4) is 11.7 Å². The average molecular weight is 347 g/mol. The van der Waals surface area contributed by atoms with Gasteiger partial charge in [0.2, 0.25) is 0 Å². The fourth-order valence-electron chi connectivity index (χ4n) is 2.00. The minimum Gasteiger partial charge on any atom is -0.457 e. The summed E-state index contributed by atoms with van der Waals surface area (Å²) in [6, 6.07) is 3.88. The lowest BCUT2D eigenvalue weighted by Gasteiger charge is -2.16. The van der Waals surface area contributed by atoms with Gasteiger partial charge in [0, 0.05) is 18.0 Å². The van der Waals surface area contributed by atoms with Crippen LogP contribution in [0.1, 0.15) is 25.1 Å². The summed E-state index contributed by atoms with van der Waals surface area (Å²) in [6.07, 6.45) is 4.34. The number of rotatable bonds is 5. The molecule has 0 saturated carbocycles. The van der Waals surface area contributed by atoms with Crippen LogP contribution in [-0.4, -0.2) is 30.1 Å². The number of aromatic nitrogens is 5. The van der Waals surface area contributed by atoms with Gasteiger partial charge in [0.1, 0.15) is 18.0 Å². The van der Waals surface area contributed by atoms with Gasteiger partial charge in [0.05, 0.1) is 11.8 Å². The third-order valence-electron chi connectivity index (χ3n) is 3.40. The molecule has 7 nitrogen and oxygen atoms in total. The second-order valence-electron chi connectivity index (χ2n) is 5.83. The maximum absolute atomic E-state index is 13.7. The third kappa shape index (κ3) is 3.77. The quantitative estimate of drug-likeness (QED) is 0.761. The Hall–Kier alpha value is -2.94. The molecule has 130 valence electrons. The van der Waals surface area contributed by atoms with Crippen LogP contribution in [0.5, 0.6) is 6.01 Å². The number of nitrogens with zero attached hydrogens (tertiary/aromatic N) is 5. The molecule has 0 spiro atoms. The first kappa shape index (κ1) is 16.9. The highest BCUT2D eigenvalue weighted by Crippen LogP contribution is 2.19. The lowest BCUT2D eigenvalue weighted by molar-refractivity contribution is 0.0775. The van der Waals surface area contributed by atoms with Crippen LogP contribution >= 0.6 is 0 Å². The number of hydrogen-bond acceptors (Lipinski definition) is 6. The molecule has 2 heterocycles. The average Bonchev–Trinajstić information content (AvgIpc) is 3.04. The van der Waals surface area contributed by atoms with Crippen molar-refractivity contribution in [2.45, 2.75) is 26.1 Å². The molecule has 0 amide bonds. The Morgan fingerprint density at radius 2 is 1.92 bits per heavy atom. The second kappa shape index (κ2) is 6.52. The van der Waals surface area contributed by atoms with Gasteiger partial charge in [0.25, 0.3) is 0 Å². The van der Waals surface area contributed by atoms with Gasteiger partial charge in [-0.1, -0.05) is 11.3 Å². The summed E-state index contributed by atoms with van der Waals surface area (Å²) in [7, 11) is 0. The molecule has 0 aliphatic heterocycles. The zero-order chi connectivity index (χ0) is 18.0. The summed E-state index contributed by atoms with van der Waals surface area (Å²) in [5, 5.41) is 17.4. The minimum absolute atomic E-state index is 0.00119. The summed E-state index contributed by atoms with van der Waals surface area (Å²) in [6.45, 7) is 3.24. The van der Waals surface area contributed by atoms with Crippen LogP contribution in [0.25, 0.3) is 5.69 Å². The Morgan fingerprint density at radius 1 is 1.20 bits per heavy atom. The van der Waals surface area contributed by atoms with Crippen molar-refractivity contribution in [2.24, 2.45) is 0 Å². The monoisotopic (exact) mass is 347 g/mol. The van der Waals surface area contributed by atoms with E-state index in [9.17, 15) is 13.9 Å². The van der Waals surface area contributed by atoms with E-state index in [1.807, 2.05) is 0 Å². The number of ether oxygens (including phenoxy) is 1. The third-order valence-corrected chi connectivity index (χ3v) is 3.40. The standard InChI is InChI=1S/C16H15F2N5O2/c1-16(2,24)10-6-19-15(20-7-10)25-9-11-8-23(22-21-11)13-5-3-4-12(17)14(13)18/h3-8,24H,9H2,1-2H3. The second-order valence-corrected chi connectivity index (χ2v) is 5.83. The number of benzene rings is 1. The van der Waals surface area contributed by atoms with Gasteiger partial charge in [-0.05, 0) is 26.0 Å². The van der Waals surface area contributed by atoms with E-state index in [0.717, 1.165) is 10.7 Å². The number of halogens is 2. The SMILES string of the molecule is CC(C)(O)c1cnc(OCc2cn(-c3cccc(F)c3F)nn2)nc1. The van der Waals surface area contributed by atoms with Crippen LogP contribution in [0.3, 0.4) is 0 Å². The molecular formula is C16H15F2N5O2. The molecule has 0 atom stereocenters. The Labute approximate surface area is 141 Å². The summed E-state index contributed by atoms with van der Waals surface area (Å²) in [5.74, 6) is -1.98. The van der Waals surface area contributed by atoms with Gasteiger partial charge in [-0.25, -0.2) is 23.4 Å². The first-order valence-electron chi connectivity index (χ1n) is 7.38. The van der Waals surface area contributed by atoms with Gasteiger partial charge in [-0.2, -0.15) is 0 Å². The summed E-state index contributed by atoms with van der Waals surface area (Å²) in [5.41, 5.74) is -0.160. The van der Waals surface area contributed by atoms with Gasteiger partial charge in [-0.15, -0.1) is 5.10 Å². The maximum atomic E-state index is 13.7. The van der Waals surface area contributed by atoms with Gasteiger partial charge < -0.3 is 9.84 Å². The van der Waals surface area contributed by atoms with Crippen LogP contribution < -0.4 is 4.74 Å². The van der Waals surface area contributed by atoms with E-state index in [0.29, 0.717) is 11.3 Å². The highest BCUT2D eigenvalue weighted by atomic mass is 19.2. The summed E-state index contributed by atoms with van der Waals surface area (Å²) >= 11 is 0. The topological polar surface area (TPSA) is 86.0 Å². The van der Waals surface area contributed by atoms with Gasteiger partial charge >= 0.3 is 6.01 Å². The Bertz CT molecular complexity index is 875. The van der Waals surface area contributed by atoms with Crippen molar-refractivity contribution in [3.63, 3.8) is 0 Å². The Balaban J connectivity index is 1.69. The molecule has 0 aliphatic carbocycles. The maximum Gasteiger partial charge on any atom is 0.316 e. The minimum atomic E-state index is -1.05. The molecular weight excluding hydrogens is 332 g/mol. The van der Waals surface area contributed by atoms with Crippen molar-refractivity contribution < 1.29 is 18.6 Å². The van der Waals surface area contributed by atoms with E-state index in [2.05, 4.69) is 20.3 Å². The lowest BCUT2D eigenvalue weighted by Crippen LogP contribution is -2.16. The Kier molecular flexibility index (Phi) is 4.41. The molecule has 0 radical (unpaired) electrons. The van der Waals surface area contributed by atoms with E-state index in [-0.39, 0.29) is 18.3 Å².